The van der Waals surface area contributed by atoms with Gasteiger partial charge in [-0.25, -0.2) is 0 Å². The first-order valence-corrected chi connectivity index (χ1v) is 4.88. The lowest BCUT2D eigenvalue weighted by Crippen LogP contribution is -2.21. The van der Waals surface area contributed by atoms with Crippen LogP contribution in [0, 0.1) is 0 Å². The van der Waals surface area contributed by atoms with E-state index in [-0.39, 0.29) is 24.9 Å². The van der Waals surface area contributed by atoms with E-state index in [0.29, 0.717) is 6.54 Å². The second kappa shape index (κ2) is 5.41. The van der Waals surface area contributed by atoms with Crippen LogP contribution in [0.1, 0.15) is 0 Å². The van der Waals surface area contributed by atoms with E-state index < -0.39 is 5.97 Å². The van der Waals surface area contributed by atoms with Crippen molar-refractivity contribution in [2.75, 3.05) is 27.2 Å². The molecule has 16 heavy (non-hydrogen) atoms. The van der Waals surface area contributed by atoms with E-state index in [4.69, 9.17) is 4.74 Å². The Morgan fingerprint density at radius 1 is 1.38 bits per heavy atom. The van der Waals surface area contributed by atoms with Gasteiger partial charge in [0.2, 0.25) is 0 Å². The molecule has 0 aliphatic heterocycles. The fraction of sp³-hybridized carbons (Fsp3) is 0.500. The molecule has 6 heteroatoms. The van der Waals surface area contributed by atoms with Gasteiger partial charge in [-0.3, -0.25) is 9.36 Å². The number of aromatic hydroxyl groups is 2. The summed E-state index contributed by atoms with van der Waals surface area (Å²) >= 11 is 0. The minimum Gasteiger partial charge on any atom is -0.494 e. The van der Waals surface area contributed by atoms with Crippen molar-refractivity contribution in [3.05, 3.63) is 12.1 Å². The molecule has 0 saturated carbocycles. The van der Waals surface area contributed by atoms with Gasteiger partial charge in [-0.15, -0.1) is 0 Å². The van der Waals surface area contributed by atoms with E-state index >= 15 is 0 Å². The van der Waals surface area contributed by atoms with Crippen molar-refractivity contribution in [1.82, 2.24) is 9.47 Å². The molecule has 0 saturated heterocycles. The van der Waals surface area contributed by atoms with Crippen LogP contribution in [-0.2, 0) is 16.1 Å². The van der Waals surface area contributed by atoms with Gasteiger partial charge in [0.1, 0.15) is 13.2 Å². The van der Waals surface area contributed by atoms with Crippen LogP contribution in [0.3, 0.4) is 0 Å². The first-order valence-electron chi connectivity index (χ1n) is 4.88. The Bertz CT molecular complexity index is 340. The standard InChI is InChI=1S/C10H16N2O4/c1-11(2)5-6-16-10(15)7-12-8(13)3-4-9(12)14/h3-4,13-14H,5-7H2,1-2H3. The topological polar surface area (TPSA) is 74.9 Å². The zero-order valence-electron chi connectivity index (χ0n) is 9.38. The smallest absolute Gasteiger partial charge is 0.326 e. The van der Waals surface area contributed by atoms with Crippen molar-refractivity contribution in [3.8, 4) is 11.8 Å². The van der Waals surface area contributed by atoms with Gasteiger partial charge < -0.3 is 19.8 Å². The summed E-state index contributed by atoms with van der Waals surface area (Å²) < 4.78 is 5.98. The number of nitrogens with zero attached hydrogens (tertiary/aromatic N) is 2. The number of esters is 1. The average molecular weight is 228 g/mol. The Labute approximate surface area is 93.7 Å². The summed E-state index contributed by atoms with van der Waals surface area (Å²) in [4.78, 5) is 13.2. The van der Waals surface area contributed by atoms with Crippen LogP contribution in [0.25, 0.3) is 0 Å². The largest absolute Gasteiger partial charge is 0.494 e. The summed E-state index contributed by atoms with van der Waals surface area (Å²) in [6.45, 7) is 0.724. The Hall–Kier alpha value is -1.69. The van der Waals surface area contributed by atoms with Crippen LogP contribution < -0.4 is 0 Å². The van der Waals surface area contributed by atoms with Crippen LogP contribution in [0.2, 0.25) is 0 Å². The summed E-state index contributed by atoms with van der Waals surface area (Å²) in [6.07, 6.45) is 0. The second-order valence-corrected chi connectivity index (χ2v) is 3.66. The van der Waals surface area contributed by atoms with E-state index in [1.165, 1.54) is 12.1 Å². The van der Waals surface area contributed by atoms with Gasteiger partial charge in [-0.1, -0.05) is 0 Å². The number of carbonyl (C=O) groups excluding carboxylic acids is 1. The molecule has 0 atom stereocenters. The molecule has 0 aliphatic carbocycles. The van der Waals surface area contributed by atoms with Gasteiger partial charge in [0.15, 0.2) is 11.8 Å². The summed E-state index contributed by atoms with van der Waals surface area (Å²) in [5.74, 6) is -0.826. The fourth-order valence-electron chi connectivity index (χ4n) is 1.13. The minimum absolute atomic E-state index is 0.165. The molecule has 0 aromatic carbocycles. The molecule has 1 heterocycles. The lowest BCUT2D eigenvalue weighted by atomic mass is 10.6. The highest BCUT2D eigenvalue weighted by Crippen LogP contribution is 2.20. The number of likely N-dealkylation sites (N-methyl/N-ethyl adjacent to an activating group) is 1. The molecule has 0 unspecified atom stereocenters. The second-order valence-electron chi connectivity index (χ2n) is 3.66. The van der Waals surface area contributed by atoms with Crippen LogP contribution in [-0.4, -0.2) is 52.9 Å². The molecule has 1 rings (SSSR count). The van der Waals surface area contributed by atoms with Crippen LogP contribution >= 0.6 is 0 Å². The van der Waals surface area contributed by atoms with Gasteiger partial charge in [0, 0.05) is 18.7 Å². The molecular formula is C10H16N2O4. The molecule has 90 valence electrons. The molecule has 0 bridgehead atoms. The molecule has 0 radical (unpaired) electrons. The molecule has 0 spiro atoms. The minimum atomic E-state index is -0.497. The number of hydrogen-bond acceptors (Lipinski definition) is 5. The van der Waals surface area contributed by atoms with E-state index in [0.717, 1.165) is 4.57 Å². The molecule has 2 N–H and O–H groups in total. The normalized spacial score (nSPS) is 10.7. The third-order valence-electron chi connectivity index (χ3n) is 2.02. The van der Waals surface area contributed by atoms with Crippen LogP contribution in [0.4, 0.5) is 0 Å². The number of hydrogen-bond donors (Lipinski definition) is 2. The van der Waals surface area contributed by atoms with Gasteiger partial charge in [-0.2, -0.15) is 0 Å². The quantitative estimate of drug-likeness (QED) is 0.694. The fourth-order valence-corrected chi connectivity index (χ4v) is 1.13. The third-order valence-corrected chi connectivity index (χ3v) is 2.02. The number of rotatable bonds is 5. The van der Waals surface area contributed by atoms with Gasteiger partial charge in [0.25, 0.3) is 0 Å². The summed E-state index contributed by atoms with van der Waals surface area (Å²) in [5, 5.41) is 18.6. The number of ether oxygens (including phenoxy) is 1. The Balaban J connectivity index is 2.40. The maximum absolute atomic E-state index is 11.3. The third kappa shape index (κ3) is 3.47. The Morgan fingerprint density at radius 3 is 2.44 bits per heavy atom. The molecule has 0 fully saturated rings. The van der Waals surface area contributed by atoms with Gasteiger partial charge in [0.05, 0.1) is 0 Å². The number of carbonyl (C=O) groups is 1. The van der Waals surface area contributed by atoms with Crippen molar-refractivity contribution in [1.29, 1.82) is 0 Å². The van der Waals surface area contributed by atoms with Crippen LogP contribution in [0.15, 0.2) is 12.1 Å². The predicted molar refractivity (Wildman–Crippen MR) is 57.3 cm³/mol. The summed E-state index contributed by atoms with van der Waals surface area (Å²) in [6, 6.07) is 2.62. The van der Waals surface area contributed by atoms with Crippen molar-refractivity contribution < 1.29 is 19.7 Å². The SMILES string of the molecule is CN(C)CCOC(=O)Cn1c(O)ccc1O. The van der Waals surface area contributed by atoms with E-state index in [1.54, 1.807) is 0 Å². The highest BCUT2D eigenvalue weighted by atomic mass is 16.5. The highest BCUT2D eigenvalue weighted by molar-refractivity contribution is 5.69. The lowest BCUT2D eigenvalue weighted by molar-refractivity contribution is -0.144. The first kappa shape index (κ1) is 12.4. The zero-order chi connectivity index (χ0) is 12.1. The summed E-state index contributed by atoms with van der Waals surface area (Å²) in [5.41, 5.74) is 0. The molecule has 1 aromatic rings. The first-order chi connectivity index (χ1) is 7.50. The van der Waals surface area contributed by atoms with Gasteiger partial charge in [-0.05, 0) is 14.1 Å². The lowest BCUT2D eigenvalue weighted by Gasteiger charge is -2.10. The van der Waals surface area contributed by atoms with Crippen molar-refractivity contribution in [3.63, 3.8) is 0 Å². The zero-order valence-corrected chi connectivity index (χ0v) is 9.38. The monoisotopic (exact) mass is 228 g/mol. The number of aromatic nitrogens is 1. The van der Waals surface area contributed by atoms with Crippen molar-refractivity contribution in [2.24, 2.45) is 0 Å². The van der Waals surface area contributed by atoms with E-state index in [1.807, 2.05) is 19.0 Å². The van der Waals surface area contributed by atoms with Gasteiger partial charge >= 0.3 is 5.97 Å². The molecular weight excluding hydrogens is 212 g/mol. The average Bonchev–Trinajstić information content (AvgIpc) is 2.49. The van der Waals surface area contributed by atoms with Crippen molar-refractivity contribution in [2.45, 2.75) is 6.54 Å². The van der Waals surface area contributed by atoms with E-state index in [9.17, 15) is 15.0 Å². The predicted octanol–water partition coefficient (Wildman–Crippen LogP) is 0.00410. The summed E-state index contributed by atoms with van der Waals surface area (Å²) in [7, 11) is 3.74. The molecule has 1 aromatic heterocycles. The van der Waals surface area contributed by atoms with Crippen molar-refractivity contribution >= 4 is 5.97 Å². The molecule has 6 nitrogen and oxygen atoms in total. The maximum atomic E-state index is 11.3. The molecule has 0 aliphatic rings. The van der Waals surface area contributed by atoms with Crippen LogP contribution in [0.5, 0.6) is 11.8 Å². The Kier molecular flexibility index (Phi) is 4.19. The van der Waals surface area contributed by atoms with E-state index in [2.05, 4.69) is 0 Å². The highest BCUT2D eigenvalue weighted by Gasteiger charge is 2.11. The molecule has 0 amide bonds. The maximum Gasteiger partial charge on any atom is 0.326 e. The Morgan fingerprint density at radius 2 is 1.94 bits per heavy atom.